The van der Waals surface area contributed by atoms with Crippen LogP contribution in [0.5, 0.6) is 0 Å². The predicted octanol–water partition coefficient (Wildman–Crippen LogP) is 3.49. The quantitative estimate of drug-likeness (QED) is 0.591. The summed E-state index contributed by atoms with van der Waals surface area (Å²) in [5.41, 5.74) is 6.58. The first-order valence-corrected chi connectivity index (χ1v) is 11.7. The second kappa shape index (κ2) is 9.40. The molecule has 2 N–H and O–H groups in total. The van der Waals surface area contributed by atoms with Gasteiger partial charge in [0.2, 0.25) is 5.91 Å². The van der Waals surface area contributed by atoms with Crippen molar-refractivity contribution in [1.82, 2.24) is 20.7 Å². The normalized spacial score (nSPS) is 16.0. The molecule has 4 rings (SSSR count). The van der Waals surface area contributed by atoms with Crippen LogP contribution in [0.4, 0.5) is 0 Å². The van der Waals surface area contributed by atoms with Crippen LogP contribution in [0, 0.1) is 12.8 Å². The Balaban J connectivity index is 1.35. The van der Waals surface area contributed by atoms with Crippen LogP contribution in [0.1, 0.15) is 37.9 Å². The van der Waals surface area contributed by atoms with Crippen molar-refractivity contribution in [2.75, 3.05) is 13.1 Å². The van der Waals surface area contributed by atoms with Gasteiger partial charge in [-0.2, -0.15) is 0 Å². The highest BCUT2D eigenvalue weighted by Gasteiger charge is 2.29. The van der Waals surface area contributed by atoms with E-state index in [1.54, 1.807) is 17.9 Å². The van der Waals surface area contributed by atoms with Gasteiger partial charge in [-0.25, -0.2) is 4.98 Å². The fourth-order valence-electron chi connectivity index (χ4n) is 3.52. The predicted molar refractivity (Wildman–Crippen MR) is 121 cm³/mol. The Morgan fingerprint density at radius 3 is 2.65 bits per heavy atom. The molecule has 0 saturated carbocycles. The van der Waals surface area contributed by atoms with Crippen molar-refractivity contribution < 1.29 is 14.4 Å². The lowest BCUT2D eigenvalue weighted by molar-refractivity contribution is -0.127. The number of likely N-dealkylation sites (tertiary alicyclic amines) is 1. The maximum absolute atomic E-state index is 12.6. The van der Waals surface area contributed by atoms with Crippen molar-refractivity contribution in [3.05, 3.63) is 63.3 Å². The number of nitrogens with one attached hydrogen (secondary N) is 2. The summed E-state index contributed by atoms with van der Waals surface area (Å²) in [6.07, 6.45) is 1.42. The molecule has 0 spiro atoms. The van der Waals surface area contributed by atoms with Gasteiger partial charge in [0, 0.05) is 18.7 Å². The number of rotatable bonds is 4. The maximum Gasteiger partial charge on any atom is 0.281 e. The average Bonchev–Trinajstić information content (AvgIpc) is 3.47. The number of hydrazine groups is 1. The molecule has 1 unspecified atom stereocenters. The number of benzene rings is 1. The van der Waals surface area contributed by atoms with Gasteiger partial charge in [0.05, 0.1) is 16.5 Å². The van der Waals surface area contributed by atoms with Gasteiger partial charge < -0.3 is 4.90 Å². The summed E-state index contributed by atoms with van der Waals surface area (Å²) in [6, 6.07) is 13.3. The molecule has 31 heavy (non-hydrogen) atoms. The number of hydrogen-bond acceptors (Lipinski definition) is 6. The highest BCUT2D eigenvalue weighted by atomic mass is 32.1. The molecule has 1 aliphatic rings. The molecular weight excluding hydrogens is 432 g/mol. The van der Waals surface area contributed by atoms with E-state index >= 15 is 0 Å². The van der Waals surface area contributed by atoms with E-state index < -0.39 is 5.91 Å². The minimum absolute atomic E-state index is 0.0507. The molecule has 7 nitrogen and oxygen atoms in total. The van der Waals surface area contributed by atoms with Crippen LogP contribution in [0.2, 0.25) is 0 Å². The molecule has 1 aromatic carbocycles. The van der Waals surface area contributed by atoms with Crippen LogP contribution in [-0.2, 0) is 4.79 Å². The van der Waals surface area contributed by atoms with Crippen LogP contribution in [0.3, 0.4) is 0 Å². The van der Waals surface area contributed by atoms with Crippen LogP contribution in [-0.4, -0.2) is 40.7 Å². The molecular formula is C22H22N4O3S2. The Morgan fingerprint density at radius 2 is 1.90 bits per heavy atom. The van der Waals surface area contributed by atoms with Crippen LogP contribution < -0.4 is 10.9 Å². The van der Waals surface area contributed by atoms with Gasteiger partial charge in [0.1, 0.15) is 9.88 Å². The molecule has 9 heteroatoms. The minimum Gasteiger partial charge on any atom is -0.337 e. The van der Waals surface area contributed by atoms with E-state index in [9.17, 15) is 14.4 Å². The highest BCUT2D eigenvalue weighted by molar-refractivity contribution is 7.17. The van der Waals surface area contributed by atoms with Crippen molar-refractivity contribution in [1.29, 1.82) is 0 Å². The second-order valence-corrected chi connectivity index (χ2v) is 9.26. The molecule has 3 amide bonds. The maximum atomic E-state index is 12.6. The molecule has 1 atom stereocenters. The molecule has 0 radical (unpaired) electrons. The van der Waals surface area contributed by atoms with Gasteiger partial charge in [0.15, 0.2) is 0 Å². The van der Waals surface area contributed by atoms with Gasteiger partial charge in [-0.3, -0.25) is 25.2 Å². The Bertz CT molecular complexity index is 1080. The van der Waals surface area contributed by atoms with E-state index in [0.29, 0.717) is 35.0 Å². The number of amides is 3. The van der Waals surface area contributed by atoms with Crippen molar-refractivity contribution >= 4 is 40.4 Å². The van der Waals surface area contributed by atoms with E-state index in [1.807, 2.05) is 41.8 Å². The Morgan fingerprint density at radius 1 is 1.10 bits per heavy atom. The molecule has 2 aromatic heterocycles. The van der Waals surface area contributed by atoms with E-state index in [2.05, 4.69) is 15.8 Å². The summed E-state index contributed by atoms with van der Waals surface area (Å²) in [5.74, 6) is -1.10. The number of carbonyl (C=O) groups excluding carboxylic acids is 3. The highest BCUT2D eigenvalue weighted by Crippen LogP contribution is 2.27. The Kier molecular flexibility index (Phi) is 6.43. The summed E-state index contributed by atoms with van der Waals surface area (Å²) in [7, 11) is 0. The largest absolute Gasteiger partial charge is 0.337 e. The van der Waals surface area contributed by atoms with Crippen molar-refractivity contribution in [3.8, 4) is 10.6 Å². The number of aryl methyl sites for hydroxylation is 1. The molecule has 1 fully saturated rings. The molecule has 3 aromatic rings. The fourth-order valence-corrected chi connectivity index (χ4v) is 5.18. The van der Waals surface area contributed by atoms with Gasteiger partial charge in [-0.1, -0.05) is 36.4 Å². The SMILES string of the molecule is Cc1nc(-c2ccccc2)sc1C(=O)NNC(=O)C1CCCN(C(=O)c2cccs2)C1. The minimum atomic E-state index is -0.396. The lowest BCUT2D eigenvalue weighted by atomic mass is 9.97. The third kappa shape index (κ3) is 4.83. The number of nitrogens with zero attached hydrogens (tertiary/aromatic N) is 2. The smallest absolute Gasteiger partial charge is 0.281 e. The lowest BCUT2D eigenvalue weighted by Crippen LogP contribution is -2.50. The van der Waals surface area contributed by atoms with E-state index in [4.69, 9.17) is 0 Å². The summed E-state index contributed by atoms with van der Waals surface area (Å²) >= 11 is 2.68. The molecule has 160 valence electrons. The van der Waals surface area contributed by atoms with E-state index in [1.165, 1.54) is 22.7 Å². The average molecular weight is 455 g/mol. The first-order chi connectivity index (χ1) is 15.0. The summed E-state index contributed by atoms with van der Waals surface area (Å²) in [5, 5.41) is 2.62. The van der Waals surface area contributed by atoms with Crippen LogP contribution in [0.25, 0.3) is 10.6 Å². The molecule has 1 saturated heterocycles. The van der Waals surface area contributed by atoms with Crippen LogP contribution >= 0.6 is 22.7 Å². The summed E-state index contributed by atoms with van der Waals surface area (Å²) < 4.78 is 0. The van der Waals surface area contributed by atoms with Gasteiger partial charge in [-0.15, -0.1) is 22.7 Å². The standard InChI is InChI=1S/C22H22N4O3S2/c1-14-18(31-21(23-14)15-7-3-2-4-8-15)20(28)25-24-19(27)16-9-5-11-26(13-16)22(29)17-10-6-12-30-17/h2-4,6-8,10,12,16H,5,9,11,13H2,1H3,(H,24,27)(H,25,28). The first kappa shape index (κ1) is 21.2. The molecule has 0 bridgehead atoms. The van der Waals surface area contributed by atoms with E-state index in [0.717, 1.165) is 17.0 Å². The van der Waals surface area contributed by atoms with Crippen LogP contribution in [0.15, 0.2) is 47.8 Å². The summed E-state index contributed by atoms with van der Waals surface area (Å²) in [4.78, 5) is 45.1. The monoisotopic (exact) mass is 454 g/mol. The van der Waals surface area contributed by atoms with Gasteiger partial charge in [0.25, 0.3) is 11.8 Å². The third-order valence-corrected chi connectivity index (χ3v) is 7.20. The molecule has 0 aliphatic carbocycles. The number of thiophene rings is 1. The zero-order valence-electron chi connectivity index (χ0n) is 17.0. The number of thiazole rings is 1. The number of carbonyl (C=O) groups is 3. The van der Waals surface area contributed by atoms with Crippen molar-refractivity contribution in [2.24, 2.45) is 5.92 Å². The van der Waals surface area contributed by atoms with Gasteiger partial charge >= 0.3 is 0 Å². The summed E-state index contributed by atoms with van der Waals surface area (Å²) in [6.45, 7) is 2.75. The number of hydrogen-bond donors (Lipinski definition) is 2. The first-order valence-electron chi connectivity index (χ1n) is 9.98. The molecule has 3 heterocycles. The number of aromatic nitrogens is 1. The third-order valence-electron chi connectivity index (χ3n) is 5.13. The number of piperidine rings is 1. The molecule has 1 aliphatic heterocycles. The lowest BCUT2D eigenvalue weighted by Gasteiger charge is -2.31. The Labute approximate surface area is 188 Å². The van der Waals surface area contributed by atoms with Crippen molar-refractivity contribution in [2.45, 2.75) is 19.8 Å². The second-order valence-electron chi connectivity index (χ2n) is 7.31. The Hall–Kier alpha value is -3.04. The zero-order valence-corrected chi connectivity index (χ0v) is 18.6. The zero-order chi connectivity index (χ0) is 21.8. The van der Waals surface area contributed by atoms with Gasteiger partial charge in [-0.05, 0) is 31.2 Å². The van der Waals surface area contributed by atoms with E-state index in [-0.39, 0.29) is 17.7 Å². The fraction of sp³-hybridized carbons (Fsp3) is 0.273. The van der Waals surface area contributed by atoms with Crippen molar-refractivity contribution in [3.63, 3.8) is 0 Å². The topological polar surface area (TPSA) is 91.4 Å².